The molecule has 0 saturated heterocycles. The molecule has 0 aromatic carbocycles. The minimum absolute atomic E-state index is 0.0716. The first-order valence-corrected chi connectivity index (χ1v) is 9.00. The Morgan fingerprint density at radius 3 is 2.57 bits per heavy atom. The molecule has 2 N–H and O–H groups in total. The van der Waals surface area contributed by atoms with Gasteiger partial charge in [-0.25, -0.2) is 0 Å². The Morgan fingerprint density at radius 2 is 1.76 bits per heavy atom. The molecule has 2 nitrogen and oxygen atoms in total. The monoisotopic (exact) mass is 290 g/mol. The SMILES string of the molecule is C[C@]12C=CC(O)CC1CC[C@@H]1[C@H]2CC[C@]2(C)C(O)CC[C@@H]12. The third-order valence-corrected chi connectivity index (χ3v) is 8.12. The number of rotatable bonds is 0. The highest BCUT2D eigenvalue weighted by Gasteiger charge is 2.59. The maximum atomic E-state index is 10.5. The van der Waals surface area contributed by atoms with Gasteiger partial charge < -0.3 is 10.2 Å². The fourth-order valence-electron chi connectivity index (χ4n) is 6.76. The van der Waals surface area contributed by atoms with Crippen LogP contribution < -0.4 is 0 Å². The maximum Gasteiger partial charge on any atom is 0.0724 e. The van der Waals surface area contributed by atoms with Crippen LogP contribution in [0.5, 0.6) is 0 Å². The van der Waals surface area contributed by atoms with E-state index in [1.807, 2.05) is 0 Å². The lowest BCUT2D eigenvalue weighted by molar-refractivity contribution is -0.0994. The van der Waals surface area contributed by atoms with E-state index in [-0.39, 0.29) is 23.0 Å². The lowest BCUT2D eigenvalue weighted by Gasteiger charge is -2.59. The molecule has 4 rings (SSSR count). The third kappa shape index (κ3) is 1.84. The Hall–Kier alpha value is -0.340. The molecule has 8 atom stereocenters. The molecule has 2 heteroatoms. The highest BCUT2D eigenvalue weighted by Crippen LogP contribution is 2.65. The van der Waals surface area contributed by atoms with Crippen molar-refractivity contribution in [3.05, 3.63) is 12.2 Å². The van der Waals surface area contributed by atoms with Crippen LogP contribution in [0, 0.1) is 34.5 Å². The molecule has 3 saturated carbocycles. The molecule has 0 radical (unpaired) electrons. The summed E-state index contributed by atoms with van der Waals surface area (Å²) >= 11 is 0. The van der Waals surface area contributed by atoms with Crippen LogP contribution in [0.1, 0.15) is 58.8 Å². The predicted octanol–water partition coefficient (Wildman–Crippen LogP) is 3.53. The quantitative estimate of drug-likeness (QED) is 0.670. The zero-order chi connectivity index (χ0) is 14.8. The fourth-order valence-corrected chi connectivity index (χ4v) is 6.76. The minimum Gasteiger partial charge on any atom is -0.393 e. The van der Waals surface area contributed by atoms with Crippen LogP contribution >= 0.6 is 0 Å². The molecule has 0 aromatic heterocycles. The molecule has 21 heavy (non-hydrogen) atoms. The van der Waals surface area contributed by atoms with Gasteiger partial charge in [0.2, 0.25) is 0 Å². The Kier molecular flexibility index (Phi) is 3.11. The highest BCUT2D eigenvalue weighted by molar-refractivity contribution is 5.17. The standard InChI is InChI=1S/C19H30O2/c1-18-9-7-13(20)11-12(18)3-4-14-15-5-6-17(21)19(15,2)10-8-16(14)18/h7,9,12-17,20-21H,3-6,8,10-11H2,1-2H3/t12?,13?,14-,15-,16+,17?,18-,19-/m0/s1. The van der Waals surface area contributed by atoms with Gasteiger partial charge in [0, 0.05) is 0 Å². The lowest BCUT2D eigenvalue weighted by Crippen LogP contribution is -2.53. The van der Waals surface area contributed by atoms with Crippen molar-refractivity contribution in [1.82, 2.24) is 0 Å². The van der Waals surface area contributed by atoms with Crippen LogP contribution in [0.25, 0.3) is 0 Å². The predicted molar refractivity (Wildman–Crippen MR) is 83.6 cm³/mol. The second-order valence-electron chi connectivity index (χ2n) is 8.82. The Bertz CT molecular complexity index is 458. The highest BCUT2D eigenvalue weighted by atomic mass is 16.3. The zero-order valence-corrected chi connectivity index (χ0v) is 13.5. The van der Waals surface area contributed by atoms with Crippen molar-refractivity contribution in [3.8, 4) is 0 Å². The van der Waals surface area contributed by atoms with Crippen LogP contribution in [0.3, 0.4) is 0 Å². The summed E-state index contributed by atoms with van der Waals surface area (Å²) in [7, 11) is 0. The van der Waals surface area contributed by atoms with Crippen LogP contribution in [0.15, 0.2) is 12.2 Å². The average Bonchev–Trinajstić information content (AvgIpc) is 2.76. The van der Waals surface area contributed by atoms with Gasteiger partial charge >= 0.3 is 0 Å². The molecule has 118 valence electrons. The van der Waals surface area contributed by atoms with E-state index in [4.69, 9.17) is 0 Å². The topological polar surface area (TPSA) is 40.5 Å². The summed E-state index contributed by atoms with van der Waals surface area (Å²) in [6, 6.07) is 0. The smallest absolute Gasteiger partial charge is 0.0724 e. The Labute approximate surface area is 128 Å². The van der Waals surface area contributed by atoms with Crippen LogP contribution in [0.4, 0.5) is 0 Å². The molecule has 0 bridgehead atoms. The van der Waals surface area contributed by atoms with E-state index in [2.05, 4.69) is 26.0 Å². The van der Waals surface area contributed by atoms with Crippen molar-refractivity contribution < 1.29 is 10.2 Å². The molecule has 4 aliphatic rings. The molecule has 0 aliphatic heterocycles. The first-order valence-electron chi connectivity index (χ1n) is 9.00. The van der Waals surface area contributed by atoms with Gasteiger partial charge in [-0.2, -0.15) is 0 Å². The number of fused-ring (bicyclic) bond motifs is 5. The molecule has 0 spiro atoms. The number of aliphatic hydroxyl groups excluding tert-OH is 2. The fraction of sp³-hybridized carbons (Fsp3) is 0.895. The Balaban J connectivity index is 1.67. The van der Waals surface area contributed by atoms with Crippen molar-refractivity contribution in [2.45, 2.75) is 71.0 Å². The minimum atomic E-state index is -0.221. The van der Waals surface area contributed by atoms with E-state index in [1.54, 1.807) is 0 Å². The van der Waals surface area contributed by atoms with E-state index in [9.17, 15) is 10.2 Å². The largest absolute Gasteiger partial charge is 0.393 e. The summed E-state index contributed by atoms with van der Waals surface area (Å²) in [6.07, 6.45) is 12.4. The summed E-state index contributed by atoms with van der Waals surface area (Å²) < 4.78 is 0. The maximum absolute atomic E-state index is 10.5. The first kappa shape index (κ1) is 14.3. The van der Waals surface area contributed by atoms with Gasteiger partial charge in [-0.3, -0.25) is 0 Å². The molecule has 3 unspecified atom stereocenters. The van der Waals surface area contributed by atoms with Crippen molar-refractivity contribution in [2.24, 2.45) is 34.5 Å². The van der Waals surface area contributed by atoms with E-state index < -0.39 is 0 Å². The second-order valence-corrected chi connectivity index (χ2v) is 8.82. The number of allylic oxidation sites excluding steroid dienone is 1. The van der Waals surface area contributed by atoms with Crippen LogP contribution in [0.2, 0.25) is 0 Å². The van der Waals surface area contributed by atoms with Gasteiger partial charge in [0.1, 0.15) is 0 Å². The number of hydrogen-bond acceptors (Lipinski definition) is 2. The van der Waals surface area contributed by atoms with E-state index in [1.165, 1.54) is 32.1 Å². The van der Waals surface area contributed by atoms with Crippen LogP contribution in [-0.4, -0.2) is 22.4 Å². The summed E-state index contributed by atoms with van der Waals surface area (Å²) in [6.45, 7) is 4.80. The average molecular weight is 290 g/mol. The summed E-state index contributed by atoms with van der Waals surface area (Å²) in [5, 5.41) is 20.4. The van der Waals surface area contributed by atoms with Crippen molar-refractivity contribution in [2.75, 3.05) is 0 Å². The number of hydrogen-bond donors (Lipinski definition) is 2. The summed E-state index contributed by atoms with van der Waals surface area (Å²) in [4.78, 5) is 0. The van der Waals surface area contributed by atoms with Crippen molar-refractivity contribution in [1.29, 1.82) is 0 Å². The lowest BCUT2D eigenvalue weighted by atomic mass is 9.46. The molecule has 0 amide bonds. The van der Waals surface area contributed by atoms with Crippen LogP contribution in [-0.2, 0) is 0 Å². The Morgan fingerprint density at radius 1 is 0.952 bits per heavy atom. The summed E-state index contributed by atoms with van der Waals surface area (Å²) in [5.41, 5.74) is 0.472. The molecule has 3 fully saturated rings. The molecular formula is C19H30O2. The molecular weight excluding hydrogens is 260 g/mol. The molecule has 0 aromatic rings. The van der Waals surface area contributed by atoms with E-state index >= 15 is 0 Å². The third-order valence-electron chi connectivity index (χ3n) is 8.12. The van der Waals surface area contributed by atoms with E-state index in [0.29, 0.717) is 5.92 Å². The van der Waals surface area contributed by atoms with Crippen molar-refractivity contribution >= 4 is 0 Å². The van der Waals surface area contributed by atoms with E-state index in [0.717, 1.165) is 30.6 Å². The molecule has 0 heterocycles. The van der Waals surface area contributed by atoms with Gasteiger partial charge in [-0.05, 0) is 79.4 Å². The molecule has 4 aliphatic carbocycles. The van der Waals surface area contributed by atoms with Gasteiger partial charge in [0.05, 0.1) is 12.2 Å². The van der Waals surface area contributed by atoms with Crippen molar-refractivity contribution in [3.63, 3.8) is 0 Å². The van der Waals surface area contributed by atoms with Gasteiger partial charge in [-0.15, -0.1) is 0 Å². The van der Waals surface area contributed by atoms with Gasteiger partial charge in [-0.1, -0.05) is 26.0 Å². The summed E-state index contributed by atoms with van der Waals surface area (Å²) in [5.74, 6) is 2.95. The zero-order valence-electron chi connectivity index (χ0n) is 13.5. The van der Waals surface area contributed by atoms with Gasteiger partial charge in [0.15, 0.2) is 0 Å². The van der Waals surface area contributed by atoms with Gasteiger partial charge in [0.25, 0.3) is 0 Å². The number of aliphatic hydroxyl groups is 2. The second kappa shape index (κ2) is 4.58. The normalized spacial score (nSPS) is 59.2. The first-order chi connectivity index (χ1) is 9.95.